The third-order valence-electron chi connectivity index (χ3n) is 3.37. The number of likely N-dealkylation sites (N-methyl/N-ethyl adjacent to an activating group) is 1. The fourth-order valence-electron chi connectivity index (χ4n) is 2.10. The van der Waals surface area contributed by atoms with Crippen molar-refractivity contribution in [2.45, 2.75) is 13.0 Å². The first-order valence-electron chi connectivity index (χ1n) is 5.89. The summed E-state index contributed by atoms with van der Waals surface area (Å²) < 4.78 is 0. The van der Waals surface area contributed by atoms with Crippen LogP contribution in [-0.4, -0.2) is 43.5 Å². The largest absolute Gasteiger partial charge is 0.360 e. The summed E-state index contributed by atoms with van der Waals surface area (Å²) in [4.78, 5) is 15.7. The van der Waals surface area contributed by atoms with Crippen molar-refractivity contribution < 1.29 is 4.79 Å². The number of rotatable bonds is 2. The first kappa shape index (κ1) is 11.9. The molecule has 2 N–H and O–H groups in total. The van der Waals surface area contributed by atoms with E-state index in [2.05, 4.69) is 36.1 Å². The number of nitrogens with two attached hydrogens (primary N) is 1. The SMILES string of the molecule is Cc1ccc(N2CC(=O)N(C)C(CN)C2)cc1. The molecule has 92 valence electrons. The van der Waals surface area contributed by atoms with Crippen molar-refractivity contribution >= 4 is 11.6 Å². The lowest BCUT2D eigenvalue weighted by atomic mass is 10.1. The van der Waals surface area contributed by atoms with Gasteiger partial charge in [-0.05, 0) is 19.1 Å². The Labute approximate surface area is 102 Å². The number of carbonyl (C=O) groups excluding carboxylic acids is 1. The summed E-state index contributed by atoms with van der Waals surface area (Å²) in [5.41, 5.74) is 8.02. The van der Waals surface area contributed by atoms with Crippen LogP contribution in [0.15, 0.2) is 24.3 Å². The highest BCUT2D eigenvalue weighted by Crippen LogP contribution is 2.19. The van der Waals surface area contributed by atoms with Crippen LogP contribution in [0, 0.1) is 6.92 Å². The molecular formula is C13H19N3O. The number of piperazine rings is 1. The standard InChI is InChI=1S/C13H19N3O/c1-10-3-5-11(6-4-10)16-8-12(7-14)15(2)13(17)9-16/h3-6,12H,7-9,14H2,1-2H3. The number of nitrogens with zero attached hydrogens (tertiary/aromatic N) is 2. The quantitative estimate of drug-likeness (QED) is 0.814. The molecule has 1 aromatic carbocycles. The summed E-state index contributed by atoms with van der Waals surface area (Å²) >= 11 is 0. The number of amides is 1. The van der Waals surface area contributed by atoms with Gasteiger partial charge in [0.05, 0.1) is 12.6 Å². The van der Waals surface area contributed by atoms with Crippen LogP contribution in [-0.2, 0) is 4.79 Å². The molecule has 1 aliphatic heterocycles. The van der Waals surface area contributed by atoms with E-state index in [4.69, 9.17) is 5.73 Å². The number of anilines is 1. The summed E-state index contributed by atoms with van der Waals surface area (Å²) in [6.45, 7) is 3.81. The normalized spacial score (nSPS) is 20.9. The van der Waals surface area contributed by atoms with Gasteiger partial charge in [-0.25, -0.2) is 0 Å². The number of hydrogen-bond acceptors (Lipinski definition) is 3. The maximum Gasteiger partial charge on any atom is 0.242 e. The maximum atomic E-state index is 11.8. The Morgan fingerprint density at radius 2 is 2.00 bits per heavy atom. The van der Waals surface area contributed by atoms with E-state index in [1.807, 2.05) is 7.05 Å². The Balaban J connectivity index is 2.17. The van der Waals surface area contributed by atoms with Crippen LogP contribution >= 0.6 is 0 Å². The molecule has 1 heterocycles. The van der Waals surface area contributed by atoms with E-state index in [1.54, 1.807) is 4.90 Å². The van der Waals surface area contributed by atoms with Crippen molar-refractivity contribution in [1.82, 2.24) is 4.90 Å². The van der Waals surface area contributed by atoms with Gasteiger partial charge < -0.3 is 15.5 Å². The number of hydrogen-bond donors (Lipinski definition) is 1. The van der Waals surface area contributed by atoms with E-state index in [0.717, 1.165) is 12.2 Å². The van der Waals surface area contributed by atoms with Crippen molar-refractivity contribution in [3.8, 4) is 0 Å². The van der Waals surface area contributed by atoms with E-state index in [-0.39, 0.29) is 11.9 Å². The third kappa shape index (κ3) is 2.42. The molecule has 17 heavy (non-hydrogen) atoms. The van der Waals surface area contributed by atoms with Gasteiger partial charge in [0, 0.05) is 25.8 Å². The van der Waals surface area contributed by atoms with Gasteiger partial charge in [-0.3, -0.25) is 4.79 Å². The summed E-state index contributed by atoms with van der Waals surface area (Å²) in [5.74, 6) is 0.132. The zero-order valence-electron chi connectivity index (χ0n) is 10.4. The lowest BCUT2D eigenvalue weighted by molar-refractivity contribution is -0.131. The van der Waals surface area contributed by atoms with Crippen LogP contribution in [0.5, 0.6) is 0 Å². The highest BCUT2D eigenvalue weighted by Gasteiger charge is 2.28. The van der Waals surface area contributed by atoms with Gasteiger partial charge in [-0.15, -0.1) is 0 Å². The fourth-order valence-corrected chi connectivity index (χ4v) is 2.10. The number of carbonyl (C=O) groups is 1. The topological polar surface area (TPSA) is 49.6 Å². The van der Waals surface area contributed by atoms with Crippen LogP contribution in [0.1, 0.15) is 5.56 Å². The van der Waals surface area contributed by atoms with E-state index < -0.39 is 0 Å². The molecule has 0 bridgehead atoms. The summed E-state index contributed by atoms with van der Waals surface area (Å²) in [6, 6.07) is 8.35. The van der Waals surface area contributed by atoms with Crippen molar-refractivity contribution in [2.24, 2.45) is 5.73 Å². The number of benzene rings is 1. The molecule has 1 unspecified atom stereocenters. The van der Waals surface area contributed by atoms with E-state index in [1.165, 1.54) is 5.56 Å². The van der Waals surface area contributed by atoms with Gasteiger partial charge in [-0.1, -0.05) is 17.7 Å². The summed E-state index contributed by atoms with van der Waals surface area (Å²) in [7, 11) is 1.83. The summed E-state index contributed by atoms with van der Waals surface area (Å²) in [6.07, 6.45) is 0. The molecule has 0 aromatic heterocycles. The molecule has 1 aliphatic rings. The molecule has 0 spiro atoms. The Hall–Kier alpha value is -1.55. The van der Waals surface area contributed by atoms with Gasteiger partial charge in [0.25, 0.3) is 0 Å². The minimum Gasteiger partial charge on any atom is -0.360 e. The molecule has 1 saturated heterocycles. The number of aryl methyl sites for hydroxylation is 1. The zero-order valence-corrected chi connectivity index (χ0v) is 10.4. The second-order valence-electron chi connectivity index (χ2n) is 4.61. The molecule has 1 aromatic rings. The predicted octanol–water partition coefficient (Wildman–Crippen LogP) is 0.601. The van der Waals surface area contributed by atoms with Gasteiger partial charge >= 0.3 is 0 Å². The highest BCUT2D eigenvalue weighted by molar-refractivity contribution is 5.83. The van der Waals surface area contributed by atoms with E-state index in [9.17, 15) is 4.79 Å². The first-order chi connectivity index (χ1) is 8.11. The van der Waals surface area contributed by atoms with Crippen LogP contribution < -0.4 is 10.6 Å². The lowest BCUT2D eigenvalue weighted by Gasteiger charge is -2.39. The molecular weight excluding hydrogens is 214 g/mol. The Bertz CT molecular complexity index is 402. The molecule has 2 rings (SSSR count). The summed E-state index contributed by atoms with van der Waals surface area (Å²) in [5, 5.41) is 0. The van der Waals surface area contributed by atoms with Crippen molar-refractivity contribution in [2.75, 3.05) is 31.6 Å². The maximum absolute atomic E-state index is 11.8. The molecule has 1 atom stereocenters. The van der Waals surface area contributed by atoms with Crippen molar-refractivity contribution in [1.29, 1.82) is 0 Å². The molecule has 4 heteroatoms. The monoisotopic (exact) mass is 233 g/mol. The Morgan fingerprint density at radius 3 is 2.59 bits per heavy atom. The Morgan fingerprint density at radius 1 is 1.35 bits per heavy atom. The molecule has 4 nitrogen and oxygen atoms in total. The average molecular weight is 233 g/mol. The van der Waals surface area contributed by atoms with Gasteiger partial charge in [0.15, 0.2) is 0 Å². The third-order valence-corrected chi connectivity index (χ3v) is 3.37. The average Bonchev–Trinajstić information content (AvgIpc) is 2.33. The predicted molar refractivity (Wildman–Crippen MR) is 69.0 cm³/mol. The highest BCUT2D eigenvalue weighted by atomic mass is 16.2. The first-order valence-corrected chi connectivity index (χ1v) is 5.89. The van der Waals surface area contributed by atoms with Crippen LogP contribution in [0.2, 0.25) is 0 Å². The molecule has 1 amide bonds. The minimum atomic E-state index is 0.109. The zero-order chi connectivity index (χ0) is 12.4. The second-order valence-corrected chi connectivity index (χ2v) is 4.61. The second kappa shape index (κ2) is 4.75. The fraction of sp³-hybridized carbons (Fsp3) is 0.462. The van der Waals surface area contributed by atoms with Gasteiger partial charge in [-0.2, -0.15) is 0 Å². The van der Waals surface area contributed by atoms with Crippen LogP contribution in [0.3, 0.4) is 0 Å². The minimum absolute atomic E-state index is 0.109. The van der Waals surface area contributed by atoms with E-state index in [0.29, 0.717) is 13.1 Å². The Kier molecular flexibility index (Phi) is 3.33. The van der Waals surface area contributed by atoms with Crippen LogP contribution in [0.25, 0.3) is 0 Å². The van der Waals surface area contributed by atoms with Gasteiger partial charge in [0.2, 0.25) is 5.91 Å². The molecule has 0 saturated carbocycles. The molecule has 0 radical (unpaired) electrons. The van der Waals surface area contributed by atoms with Gasteiger partial charge in [0.1, 0.15) is 0 Å². The lowest BCUT2D eigenvalue weighted by Crippen LogP contribution is -2.57. The molecule has 0 aliphatic carbocycles. The van der Waals surface area contributed by atoms with Crippen LogP contribution in [0.4, 0.5) is 5.69 Å². The molecule has 1 fully saturated rings. The smallest absolute Gasteiger partial charge is 0.242 e. The van der Waals surface area contributed by atoms with E-state index >= 15 is 0 Å². The van der Waals surface area contributed by atoms with Crippen molar-refractivity contribution in [3.63, 3.8) is 0 Å². The van der Waals surface area contributed by atoms with Crippen molar-refractivity contribution in [3.05, 3.63) is 29.8 Å².